The van der Waals surface area contributed by atoms with Gasteiger partial charge in [-0.1, -0.05) is 0 Å². The van der Waals surface area contributed by atoms with Gasteiger partial charge in [-0.05, 0) is 43.2 Å². The first-order valence-corrected chi connectivity index (χ1v) is 11.5. The Morgan fingerprint density at radius 3 is 1.97 bits per heavy atom. The third-order valence-electron chi connectivity index (χ3n) is 5.47. The number of rotatable bonds is 4. The SMILES string of the molecule is Cc1ccc(CN2CC[C@H]3[C@H]2CC(=O)N3Cc2ccncc2)s1.O=C(O)C(F)(F)F.O=C(O)C(F)(F)F. The summed E-state index contributed by atoms with van der Waals surface area (Å²) >= 11 is 1.87. The van der Waals surface area contributed by atoms with E-state index < -0.39 is 24.3 Å². The molecule has 0 aliphatic carbocycles. The Morgan fingerprint density at radius 1 is 0.973 bits per heavy atom. The van der Waals surface area contributed by atoms with E-state index in [1.54, 1.807) is 12.4 Å². The summed E-state index contributed by atoms with van der Waals surface area (Å²) in [5.74, 6) is -5.22. The fourth-order valence-electron chi connectivity index (χ4n) is 3.87. The summed E-state index contributed by atoms with van der Waals surface area (Å²) in [6.45, 7) is 4.94. The fraction of sp³-hybridized carbons (Fsp3) is 0.455. The van der Waals surface area contributed by atoms with Gasteiger partial charge < -0.3 is 15.1 Å². The second-order valence-electron chi connectivity index (χ2n) is 8.09. The quantitative estimate of drug-likeness (QED) is 0.547. The first kappa shape index (κ1) is 30.0. The second kappa shape index (κ2) is 12.4. The molecule has 0 unspecified atom stereocenters. The van der Waals surface area contributed by atoms with E-state index in [0.717, 1.165) is 19.5 Å². The Morgan fingerprint density at radius 2 is 1.51 bits per heavy atom. The number of thiophene rings is 1. The number of nitrogens with zero attached hydrogens (tertiary/aromatic N) is 3. The molecule has 204 valence electrons. The smallest absolute Gasteiger partial charge is 0.475 e. The van der Waals surface area contributed by atoms with E-state index in [2.05, 4.69) is 33.8 Å². The molecule has 1 amide bonds. The van der Waals surface area contributed by atoms with E-state index in [1.807, 2.05) is 23.5 Å². The van der Waals surface area contributed by atoms with Crippen molar-refractivity contribution in [2.75, 3.05) is 6.54 Å². The minimum absolute atomic E-state index is 0.295. The average molecular weight is 555 g/mol. The predicted molar refractivity (Wildman–Crippen MR) is 118 cm³/mol. The van der Waals surface area contributed by atoms with E-state index in [-0.39, 0.29) is 0 Å². The summed E-state index contributed by atoms with van der Waals surface area (Å²) in [7, 11) is 0. The maximum absolute atomic E-state index is 12.5. The molecule has 2 aromatic rings. The maximum atomic E-state index is 12.5. The Kier molecular flexibility index (Phi) is 10.0. The average Bonchev–Trinajstić information content (AvgIpc) is 3.46. The monoisotopic (exact) mass is 555 g/mol. The van der Waals surface area contributed by atoms with Crippen molar-refractivity contribution in [3.8, 4) is 0 Å². The van der Waals surface area contributed by atoms with Crippen LogP contribution >= 0.6 is 11.3 Å². The summed E-state index contributed by atoms with van der Waals surface area (Å²) in [6.07, 6.45) is -4.81. The Labute approximate surface area is 211 Å². The predicted octanol–water partition coefficient (Wildman–Crippen LogP) is 4.09. The highest BCUT2D eigenvalue weighted by Gasteiger charge is 2.46. The maximum Gasteiger partial charge on any atom is 0.490 e. The molecule has 2 fully saturated rings. The van der Waals surface area contributed by atoms with Gasteiger partial charge in [0.1, 0.15) is 0 Å². The molecule has 37 heavy (non-hydrogen) atoms. The number of carbonyl (C=O) groups excluding carboxylic acids is 1. The van der Waals surface area contributed by atoms with Crippen molar-refractivity contribution < 1.29 is 50.9 Å². The summed E-state index contributed by atoms with van der Waals surface area (Å²) in [6, 6.07) is 9.16. The van der Waals surface area contributed by atoms with Crippen molar-refractivity contribution in [2.24, 2.45) is 0 Å². The Hall–Kier alpha value is -3.20. The number of aryl methyl sites for hydroxylation is 1. The number of aromatic nitrogens is 1. The van der Waals surface area contributed by atoms with Crippen LogP contribution < -0.4 is 0 Å². The number of alkyl halides is 6. The molecular weight excluding hydrogens is 532 g/mol. The van der Waals surface area contributed by atoms with Gasteiger partial charge in [-0.3, -0.25) is 14.7 Å². The van der Waals surface area contributed by atoms with E-state index in [4.69, 9.17) is 19.8 Å². The Bertz CT molecular complexity index is 1050. The zero-order valence-corrected chi connectivity index (χ0v) is 20.1. The molecule has 2 saturated heterocycles. The molecule has 4 rings (SSSR count). The molecule has 0 bridgehead atoms. The molecule has 0 radical (unpaired) electrons. The number of fused-ring (bicyclic) bond motifs is 1. The van der Waals surface area contributed by atoms with Crippen LogP contribution in [0.1, 0.15) is 28.2 Å². The van der Waals surface area contributed by atoms with Gasteiger partial charge in [0, 0.05) is 60.3 Å². The van der Waals surface area contributed by atoms with E-state index >= 15 is 0 Å². The number of carboxylic acid groups (broad SMARTS) is 2. The lowest BCUT2D eigenvalue weighted by atomic mass is 10.1. The third-order valence-corrected chi connectivity index (χ3v) is 6.46. The molecule has 4 heterocycles. The summed E-state index contributed by atoms with van der Waals surface area (Å²) in [5.41, 5.74) is 1.17. The molecular formula is C22H23F6N3O5S. The number of amides is 1. The third kappa shape index (κ3) is 9.00. The lowest BCUT2D eigenvalue weighted by Crippen LogP contribution is -2.36. The van der Waals surface area contributed by atoms with E-state index in [0.29, 0.717) is 31.0 Å². The van der Waals surface area contributed by atoms with Crippen LogP contribution in [0.25, 0.3) is 0 Å². The van der Waals surface area contributed by atoms with Crippen LogP contribution in [0, 0.1) is 6.92 Å². The van der Waals surface area contributed by atoms with Crippen LogP contribution in [-0.4, -0.2) is 73.8 Å². The van der Waals surface area contributed by atoms with E-state index in [9.17, 15) is 31.1 Å². The van der Waals surface area contributed by atoms with Gasteiger partial charge in [0.25, 0.3) is 0 Å². The standard InChI is InChI=1S/C18H21N3OS.2C2HF3O2/c1-13-2-3-15(23-13)12-20-9-6-16-17(20)10-18(22)21(16)11-14-4-7-19-8-5-14;2*3-2(4,5)1(6)7/h2-5,7-8,16-17H,6,9-12H2,1H3;2*(H,6,7)/t16-,17+;;/m0../s1. The zero-order chi connectivity index (χ0) is 28.0. The number of likely N-dealkylation sites (tertiary alicyclic amines) is 2. The van der Waals surface area contributed by atoms with Crippen molar-refractivity contribution in [1.82, 2.24) is 14.8 Å². The second-order valence-corrected chi connectivity index (χ2v) is 9.47. The van der Waals surface area contributed by atoms with Gasteiger partial charge in [-0.2, -0.15) is 26.3 Å². The fourth-order valence-corrected chi connectivity index (χ4v) is 4.78. The van der Waals surface area contributed by atoms with E-state index in [1.165, 1.54) is 15.3 Å². The molecule has 0 aromatic carbocycles. The summed E-state index contributed by atoms with van der Waals surface area (Å²) in [5, 5.41) is 14.2. The van der Waals surface area contributed by atoms with Crippen LogP contribution in [0.5, 0.6) is 0 Å². The van der Waals surface area contributed by atoms with Gasteiger partial charge in [0.15, 0.2) is 0 Å². The number of carboxylic acids is 2. The van der Waals surface area contributed by atoms with Gasteiger partial charge in [0.05, 0.1) is 0 Å². The minimum Gasteiger partial charge on any atom is -0.475 e. The van der Waals surface area contributed by atoms with Crippen molar-refractivity contribution in [2.45, 2.75) is 57.3 Å². The number of aliphatic carboxylic acids is 2. The molecule has 2 aromatic heterocycles. The van der Waals surface area contributed by atoms with Crippen LogP contribution in [-0.2, 0) is 27.5 Å². The lowest BCUT2D eigenvalue weighted by Gasteiger charge is -2.25. The number of halogens is 6. The first-order valence-electron chi connectivity index (χ1n) is 10.7. The molecule has 8 nitrogen and oxygen atoms in total. The normalized spacial score (nSPS) is 19.4. The van der Waals surface area contributed by atoms with Crippen molar-refractivity contribution in [3.63, 3.8) is 0 Å². The van der Waals surface area contributed by atoms with Gasteiger partial charge in [-0.15, -0.1) is 11.3 Å². The molecule has 0 saturated carbocycles. The zero-order valence-electron chi connectivity index (χ0n) is 19.3. The number of hydrogen-bond donors (Lipinski definition) is 2. The number of carbonyl (C=O) groups is 3. The summed E-state index contributed by atoms with van der Waals surface area (Å²) < 4.78 is 63.5. The number of pyridine rings is 1. The molecule has 2 aliphatic heterocycles. The topological polar surface area (TPSA) is 111 Å². The van der Waals surface area contributed by atoms with Crippen LogP contribution in [0.3, 0.4) is 0 Å². The summed E-state index contributed by atoms with van der Waals surface area (Å²) in [4.78, 5) is 41.7. The van der Waals surface area contributed by atoms with Crippen LogP contribution in [0.2, 0.25) is 0 Å². The molecule has 2 N–H and O–H groups in total. The van der Waals surface area contributed by atoms with Crippen LogP contribution in [0.15, 0.2) is 36.7 Å². The molecule has 2 aliphatic rings. The highest BCUT2D eigenvalue weighted by molar-refractivity contribution is 7.11. The largest absolute Gasteiger partial charge is 0.490 e. The highest BCUT2D eigenvalue weighted by Crippen LogP contribution is 2.35. The highest BCUT2D eigenvalue weighted by atomic mass is 32.1. The van der Waals surface area contributed by atoms with Crippen LogP contribution in [0.4, 0.5) is 26.3 Å². The minimum atomic E-state index is -5.08. The number of hydrogen-bond acceptors (Lipinski definition) is 6. The van der Waals surface area contributed by atoms with Gasteiger partial charge >= 0.3 is 24.3 Å². The van der Waals surface area contributed by atoms with Crippen molar-refractivity contribution >= 4 is 29.2 Å². The van der Waals surface area contributed by atoms with Crippen molar-refractivity contribution in [3.05, 3.63) is 52.0 Å². The lowest BCUT2D eigenvalue weighted by molar-refractivity contribution is -0.193. The van der Waals surface area contributed by atoms with Gasteiger partial charge in [-0.25, -0.2) is 9.59 Å². The molecule has 2 atom stereocenters. The van der Waals surface area contributed by atoms with Crippen molar-refractivity contribution in [1.29, 1.82) is 0 Å². The molecule has 0 spiro atoms. The Balaban J connectivity index is 0.000000286. The molecule has 15 heteroatoms. The first-order chi connectivity index (χ1) is 17.1. The van der Waals surface area contributed by atoms with Gasteiger partial charge in [0.2, 0.25) is 5.91 Å².